The summed E-state index contributed by atoms with van der Waals surface area (Å²) in [6.45, 7) is 9.74. The van der Waals surface area contributed by atoms with E-state index in [0.717, 1.165) is 0 Å². The molecule has 3 amide bonds. The molecule has 0 aliphatic carbocycles. The summed E-state index contributed by atoms with van der Waals surface area (Å²) in [6.07, 6.45) is 8.94. The lowest BCUT2D eigenvalue weighted by Crippen LogP contribution is -2.49. The van der Waals surface area contributed by atoms with E-state index in [1.165, 1.54) is 18.6 Å². The molecule has 0 aromatic carbocycles. The molecule has 2 heterocycles. The average Bonchev–Trinajstić information content (AvgIpc) is 3.44. The fraction of sp³-hybridized carbons (Fsp3) is 0.613. The minimum absolute atomic E-state index is 0.0468. The lowest BCUT2D eigenvalue weighted by Gasteiger charge is -2.30. The van der Waals surface area contributed by atoms with Gasteiger partial charge in [0.05, 0.1) is 48.9 Å². The standard InChI is InChI=1S/C31H47BN8O7S/c1-22(2)25(18-41)36-27(43)19-46-20-28(44)37-31(5,32)12-13-47-30(3,4)21-40-17-24(38-39-40)16-33-26(42)11-9-7-8-10-23-14-34-29(35-15-23)48(6)45/h14-15,17-18,22,25H,7,9,11-13,16,19-21,32H2,1-6H3,(H,33,42)(H,36,43)(H,37,44). The van der Waals surface area contributed by atoms with Crippen LogP contribution in [-0.2, 0) is 52.9 Å². The average molecular weight is 687 g/mol. The molecule has 3 N–H and O–H groups in total. The minimum atomic E-state index is -1.24. The number of ether oxygens (including phenoxy) is 2. The number of rotatable bonds is 20. The molecule has 3 atom stereocenters. The summed E-state index contributed by atoms with van der Waals surface area (Å²) >= 11 is -1.24. The third-order valence-electron chi connectivity index (χ3n) is 6.78. The maximum absolute atomic E-state index is 12.4. The smallest absolute Gasteiger partial charge is 0.342 e. The quantitative estimate of drug-likeness (QED) is 0.0411. The molecule has 15 nitrogen and oxygen atoms in total. The summed E-state index contributed by atoms with van der Waals surface area (Å²) < 4.78 is 24.3. The molecule has 0 fully saturated rings. The molecule has 3 unspecified atom stereocenters. The molecule has 17 heteroatoms. The van der Waals surface area contributed by atoms with Gasteiger partial charge in [-0.05, 0) is 39.5 Å². The number of nitrogens with one attached hydrogen (secondary N) is 3. The number of carbonyl (C=O) groups excluding carboxylic acids is 4. The van der Waals surface area contributed by atoms with Crippen LogP contribution in [0.5, 0.6) is 0 Å². The van der Waals surface area contributed by atoms with Crippen LogP contribution >= 0.6 is 0 Å². The molecule has 0 spiro atoms. The van der Waals surface area contributed by atoms with Crippen LogP contribution in [0.3, 0.4) is 0 Å². The second kappa shape index (κ2) is 19.9. The number of amides is 3. The molecule has 0 saturated heterocycles. The zero-order valence-corrected chi connectivity index (χ0v) is 29.6. The van der Waals surface area contributed by atoms with Crippen LogP contribution in [0, 0.1) is 17.8 Å². The zero-order chi connectivity index (χ0) is 35.7. The number of unbranched alkanes of at least 4 members (excludes halogenated alkanes) is 1. The van der Waals surface area contributed by atoms with Crippen LogP contribution in [0.4, 0.5) is 0 Å². The Morgan fingerprint density at radius 3 is 2.48 bits per heavy atom. The normalized spacial score (nSPS) is 13.8. The van der Waals surface area contributed by atoms with Gasteiger partial charge in [-0.2, -0.15) is 9.97 Å². The van der Waals surface area contributed by atoms with Gasteiger partial charge in [0.1, 0.15) is 39.3 Å². The second-order valence-corrected chi connectivity index (χ2v) is 14.1. The van der Waals surface area contributed by atoms with Crippen molar-refractivity contribution < 1.29 is 33.2 Å². The lowest BCUT2D eigenvalue weighted by molar-refractivity contribution is -0.133. The van der Waals surface area contributed by atoms with Gasteiger partial charge in [-0.15, -0.1) is 5.10 Å². The molecule has 0 bridgehead atoms. The van der Waals surface area contributed by atoms with Crippen LogP contribution in [0.25, 0.3) is 0 Å². The van der Waals surface area contributed by atoms with E-state index in [9.17, 15) is 23.7 Å². The van der Waals surface area contributed by atoms with Crippen LogP contribution in [0.15, 0.2) is 23.7 Å². The Balaban J connectivity index is 1.65. The second-order valence-electron chi connectivity index (χ2n) is 12.8. The molecule has 0 aliphatic heterocycles. The maximum Gasteiger partial charge on any atom is 0.342 e. The van der Waals surface area contributed by atoms with E-state index in [-0.39, 0.29) is 42.6 Å². The van der Waals surface area contributed by atoms with E-state index in [4.69, 9.17) is 9.47 Å². The van der Waals surface area contributed by atoms with E-state index < -0.39 is 34.2 Å². The molecule has 2 aromatic rings. The van der Waals surface area contributed by atoms with Crippen LogP contribution < -0.4 is 16.0 Å². The summed E-state index contributed by atoms with van der Waals surface area (Å²) in [4.78, 5) is 55.6. The number of carbonyl (C=O) groups is 4. The van der Waals surface area contributed by atoms with Gasteiger partial charge in [-0.3, -0.25) is 14.4 Å². The number of hydrogen-bond donors (Lipinski definition) is 3. The number of hydrogen-bond acceptors (Lipinski definition) is 11. The Hall–Kier alpha value is -3.85. The predicted octanol–water partition coefficient (Wildman–Crippen LogP) is -0.349. The van der Waals surface area contributed by atoms with Crippen molar-refractivity contribution in [3.8, 4) is 11.8 Å². The minimum Gasteiger partial charge on any atom is -0.609 e. The third kappa shape index (κ3) is 16.3. The highest BCUT2D eigenvalue weighted by atomic mass is 32.2. The highest BCUT2D eigenvalue weighted by Crippen LogP contribution is 2.15. The van der Waals surface area contributed by atoms with Crippen molar-refractivity contribution in [3.05, 3.63) is 29.8 Å². The Labute approximate surface area is 286 Å². The molecular formula is C31H47BN8O7S. The summed E-state index contributed by atoms with van der Waals surface area (Å²) in [5.41, 5.74) is 0.0499. The van der Waals surface area contributed by atoms with Gasteiger partial charge >= 0.3 is 5.16 Å². The van der Waals surface area contributed by atoms with Crippen molar-refractivity contribution in [2.45, 2.75) is 95.6 Å². The van der Waals surface area contributed by atoms with E-state index in [1.807, 2.05) is 42.5 Å². The number of aromatic nitrogens is 5. The van der Waals surface area contributed by atoms with E-state index in [0.29, 0.717) is 56.4 Å². The SMILES string of the molecule is BC(C)(CCOC(C)(C)Cn1cc(CNC(=O)CCCC#Cc2cnc([S+](C)[O-])nc2)nn1)NC(=O)COCC(=O)NC(C=O)C(C)C. The number of aldehydes is 1. The van der Waals surface area contributed by atoms with Crippen molar-refractivity contribution in [1.29, 1.82) is 0 Å². The predicted molar refractivity (Wildman–Crippen MR) is 180 cm³/mol. The highest BCUT2D eigenvalue weighted by Gasteiger charge is 2.25. The molecule has 48 heavy (non-hydrogen) atoms. The van der Waals surface area contributed by atoms with Crippen molar-refractivity contribution in [2.24, 2.45) is 5.92 Å². The Bertz CT molecular complexity index is 1410. The Morgan fingerprint density at radius 2 is 1.83 bits per heavy atom. The third-order valence-corrected chi connectivity index (χ3v) is 7.50. The van der Waals surface area contributed by atoms with Gasteiger partial charge < -0.3 is 34.8 Å². The van der Waals surface area contributed by atoms with Gasteiger partial charge in [-0.25, -0.2) is 4.68 Å². The van der Waals surface area contributed by atoms with E-state index in [1.54, 1.807) is 10.9 Å². The van der Waals surface area contributed by atoms with E-state index >= 15 is 0 Å². The van der Waals surface area contributed by atoms with Gasteiger partial charge in [-0.1, -0.05) is 30.9 Å². The zero-order valence-electron chi connectivity index (χ0n) is 28.8. The molecule has 2 aromatic heterocycles. The topological polar surface area (TPSA) is 202 Å². The van der Waals surface area contributed by atoms with Gasteiger partial charge in [0, 0.05) is 36.1 Å². The van der Waals surface area contributed by atoms with Crippen molar-refractivity contribution in [2.75, 3.05) is 26.1 Å². The Morgan fingerprint density at radius 1 is 1.15 bits per heavy atom. The first kappa shape index (κ1) is 40.3. The van der Waals surface area contributed by atoms with Crippen LogP contribution in [-0.4, -0.2) is 105 Å². The summed E-state index contributed by atoms with van der Waals surface area (Å²) in [5.74, 6) is 4.92. The lowest BCUT2D eigenvalue weighted by atomic mass is 9.77. The Kier molecular flexibility index (Phi) is 16.7. The molecular weight excluding hydrogens is 639 g/mol. The highest BCUT2D eigenvalue weighted by molar-refractivity contribution is 7.90. The molecule has 0 aliphatic rings. The van der Waals surface area contributed by atoms with Gasteiger partial charge in [0.25, 0.3) is 0 Å². The van der Waals surface area contributed by atoms with Crippen molar-refractivity contribution in [3.63, 3.8) is 0 Å². The molecule has 0 saturated carbocycles. The summed E-state index contributed by atoms with van der Waals surface area (Å²) in [5, 5.41) is 16.8. The van der Waals surface area contributed by atoms with Gasteiger partial charge in [0.15, 0.2) is 0 Å². The van der Waals surface area contributed by atoms with Crippen molar-refractivity contribution >= 4 is 43.0 Å². The molecule has 262 valence electrons. The fourth-order valence-corrected chi connectivity index (χ4v) is 4.52. The monoisotopic (exact) mass is 686 g/mol. The first-order valence-electron chi connectivity index (χ1n) is 15.7. The maximum atomic E-state index is 12.4. The van der Waals surface area contributed by atoms with E-state index in [2.05, 4.69) is 48.1 Å². The van der Waals surface area contributed by atoms with Crippen LogP contribution in [0.2, 0.25) is 0 Å². The van der Waals surface area contributed by atoms with Gasteiger partial charge in [0.2, 0.25) is 17.7 Å². The molecule has 2 rings (SSSR count). The summed E-state index contributed by atoms with van der Waals surface area (Å²) in [7, 11) is 1.87. The number of nitrogens with zero attached hydrogens (tertiary/aromatic N) is 5. The largest absolute Gasteiger partial charge is 0.609 e. The van der Waals surface area contributed by atoms with Crippen molar-refractivity contribution in [1.82, 2.24) is 40.9 Å². The molecule has 0 radical (unpaired) electrons. The first-order valence-corrected chi connectivity index (χ1v) is 17.2. The summed E-state index contributed by atoms with van der Waals surface area (Å²) in [6, 6.07) is -0.602. The fourth-order valence-electron chi connectivity index (χ4n) is 4.12. The van der Waals surface area contributed by atoms with Crippen LogP contribution in [0.1, 0.15) is 71.6 Å². The first-order chi connectivity index (χ1) is 22.6.